The number of rotatable bonds is 11. The summed E-state index contributed by atoms with van der Waals surface area (Å²) in [5.41, 5.74) is 7.13. The number of piperidine rings is 3. The van der Waals surface area contributed by atoms with Crippen LogP contribution in [0, 0.1) is 25.7 Å². The molecule has 3 aromatic heterocycles. The second-order valence-electron chi connectivity index (χ2n) is 14.6. The van der Waals surface area contributed by atoms with E-state index < -0.39 is 16.9 Å². The zero-order valence-corrected chi connectivity index (χ0v) is 33.0. The third kappa shape index (κ3) is 7.74. The number of nitrogens with zero attached hydrogens (tertiary/aromatic N) is 5. The number of aryl methyl sites for hydroxylation is 1. The van der Waals surface area contributed by atoms with E-state index in [4.69, 9.17) is 14.2 Å². The second-order valence-corrected chi connectivity index (χ2v) is 16.0. The number of pyridine rings is 2. The molecule has 3 fully saturated rings. The molecule has 55 heavy (non-hydrogen) atoms. The maximum Gasteiger partial charge on any atom is 0.131 e. The summed E-state index contributed by atoms with van der Waals surface area (Å²) in [6, 6.07) is 24.2. The van der Waals surface area contributed by atoms with Gasteiger partial charge in [0.1, 0.15) is 35.9 Å². The molecule has 6 atom stereocenters. The number of aliphatic hydroxyl groups is 1. The number of quaternary nitrogens is 1. The lowest BCUT2D eigenvalue weighted by Gasteiger charge is -2.58. The van der Waals surface area contributed by atoms with Gasteiger partial charge in [0.15, 0.2) is 0 Å². The van der Waals surface area contributed by atoms with Gasteiger partial charge in [-0.15, -0.1) is 6.58 Å². The lowest BCUT2D eigenvalue weighted by molar-refractivity contribution is -0.984. The molecule has 4 unspecified atom stereocenters. The molecular formula is C44H49N5O5S. The van der Waals surface area contributed by atoms with Crippen LogP contribution < -0.4 is 19.2 Å². The fraction of sp³-hybridized carbons (Fsp3) is 0.341. The van der Waals surface area contributed by atoms with Gasteiger partial charge >= 0.3 is 0 Å². The van der Waals surface area contributed by atoms with Crippen LogP contribution in [-0.4, -0.2) is 69.2 Å². The first kappa shape index (κ1) is 38.2. The van der Waals surface area contributed by atoms with Crippen molar-refractivity contribution in [2.75, 3.05) is 34.4 Å². The molecular weight excluding hydrogens is 711 g/mol. The Hall–Kier alpha value is -5.10. The Morgan fingerprint density at radius 3 is 2.49 bits per heavy atom. The van der Waals surface area contributed by atoms with Gasteiger partial charge in [-0.1, -0.05) is 42.5 Å². The van der Waals surface area contributed by atoms with Crippen LogP contribution in [0.2, 0.25) is 0 Å². The number of fused-ring (bicyclic) bond motifs is 5. The summed E-state index contributed by atoms with van der Waals surface area (Å²) >= 11 is 0. The number of imidazole rings is 1. The largest absolute Gasteiger partial charge is 0.497 e. The second kappa shape index (κ2) is 16.3. The van der Waals surface area contributed by atoms with Crippen LogP contribution in [0.15, 0.2) is 103 Å². The number of ether oxygens (including phenoxy) is 3. The molecule has 6 aromatic rings. The molecule has 9 rings (SSSR count). The van der Waals surface area contributed by atoms with Crippen LogP contribution in [0.1, 0.15) is 46.9 Å². The molecule has 3 saturated heterocycles. The average Bonchev–Trinajstić information content (AvgIpc) is 3.66. The fourth-order valence-corrected chi connectivity index (χ4v) is 9.69. The molecule has 2 bridgehead atoms. The first-order chi connectivity index (χ1) is 26.7. The van der Waals surface area contributed by atoms with E-state index in [1.54, 1.807) is 45.7 Å². The van der Waals surface area contributed by atoms with Crippen LogP contribution in [0.25, 0.3) is 21.9 Å². The molecule has 11 heteroatoms. The Morgan fingerprint density at radius 2 is 1.75 bits per heavy atom. The summed E-state index contributed by atoms with van der Waals surface area (Å²) in [6.45, 7) is 11.1. The lowest BCUT2D eigenvalue weighted by Crippen LogP contribution is -2.67. The minimum Gasteiger partial charge on any atom is -0.497 e. The van der Waals surface area contributed by atoms with Crippen molar-refractivity contribution in [2.24, 2.45) is 11.8 Å². The summed E-state index contributed by atoms with van der Waals surface area (Å²) in [4.78, 5) is 17.6. The lowest BCUT2D eigenvalue weighted by atomic mass is 9.71. The molecule has 6 heterocycles. The molecule has 0 radical (unpaired) electrons. The fourth-order valence-electron chi connectivity index (χ4n) is 8.62. The Morgan fingerprint density at radius 1 is 0.982 bits per heavy atom. The molecule has 1 N–H and O–H groups in total. The molecule has 3 aromatic carbocycles. The third-order valence-corrected chi connectivity index (χ3v) is 12.6. The number of aromatic nitrogens is 4. The quantitative estimate of drug-likeness (QED) is 0.106. The minimum absolute atomic E-state index is 0.159. The van der Waals surface area contributed by atoms with E-state index in [1.807, 2.05) is 44.3 Å². The maximum atomic E-state index is 12.6. The Labute approximate surface area is 325 Å². The summed E-state index contributed by atoms with van der Waals surface area (Å²) in [6.07, 6.45) is 7.38. The highest BCUT2D eigenvalue weighted by Gasteiger charge is 2.54. The van der Waals surface area contributed by atoms with Crippen LogP contribution in [0.4, 0.5) is 0 Å². The van der Waals surface area contributed by atoms with Crippen molar-refractivity contribution in [3.8, 4) is 17.2 Å². The number of hydrogen-bond donors (Lipinski definition) is 1. The topological polar surface area (TPSA) is 118 Å². The van der Waals surface area contributed by atoms with Crippen LogP contribution in [0.5, 0.6) is 17.2 Å². The number of methoxy groups -OCH3 is 3. The molecule has 0 amide bonds. The van der Waals surface area contributed by atoms with Crippen molar-refractivity contribution < 1.29 is 28.0 Å². The SMILES string of the molecule is C=CC1C[N+]2(Cc3ccccc3)CCC1C[C@@H]2[C@H](O)c1ccnc2ccc(OC)cc12.COc1ccc2[n-]c(S(=O)Cc3ncc(C)c(OC)c3C)nc2c1. The highest BCUT2D eigenvalue weighted by Crippen LogP contribution is 2.48. The standard InChI is InChI=1S/C27H31N2O2.C17H18N3O3S/c1-3-20-18-29(17-19-7-5-4-6-8-19)14-12-21(20)15-26(29)27(30)23-11-13-28-25-10-9-22(31-2)16-24(23)25;1-10-8-18-15(11(2)16(10)23-4)9-24(21)17-19-13-6-5-12(22-3)7-14(13)20-17/h3-11,13,16,20-21,26-27,30H,1,12,14-15,17-18H2,2H3;5-8H,9H2,1-4H3/q+1;-1/t20?,21?,26-,27-,29?;/m1./s1. The van der Waals surface area contributed by atoms with Gasteiger partial charge in [0, 0.05) is 58.4 Å². The van der Waals surface area contributed by atoms with Crippen LogP contribution in [-0.2, 0) is 23.1 Å². The summed E-state index contributed by atoms with van der Waals surface area (Å²) in [5, 5.41) is 13.1. The number of aliphatic hydroxyl groups excluding tert-OH is 1. The molecule has 10 nitrogen and oxygen atoms in total. The van der Waals surface area contributed by atoms with E-state index in [1.165, 1.54) is 12.0 Å². The monoisotopic (exact) mass is 759 g/mol. The Balaban J connectivity index is 0.000000175. The number of hydrogen-bond acceptors (Lipinski definition) is 8. The van der Waals surface area contributed by atoms with Crippen LogP contribution >= 0.6 is 0 Å². The van der Waals surface area contributed by atoms with Crippen molar-refractivity contribution in [3.05, 3.63) is 126 Å². The van der Waals surface area contributed by atoms with Gasteiger partial charge in [0.05, 0.1) is 62.2 Å². The van der Waals surface area contributed by atoms with Gasteiger partial charge in [0.2, 0.25) is 0 Å². The highest BCUT2D eigenvalue weighted by atomic mass is 32.2. The number of benzene rings is 3. The smallest absolute Gasteiger partial charge is 0.131 e. The summed E-state index contributed by atoms with van der Waals surface area (Å²) in [7, 11) is 3.51. The summed E-state index contributed by atoms with van der Waals surface area (Å²) < 4.78 is 29.6. The van der Waals surface area contributed by atoms with Crippen molar-refractivity contribution >= 4 is 32.7 Å². The van der Waals surface area contributed by atoms with Gasteiger partial charge in [0.25, 0.3) is 0 Å². The van der Waals surface area contributed by atoms with Gasteiger partial charge in [-0.3, -0.25) is 14.2 Å². The van der Waals surface area contributed by atoms with Crippen molar-refractivity contribution in [3.63, 3.8) is 0 Å². The van der Waals surface area contributed by atoms with E-state index in [2.05, 4.69) is 62.9 Å². The average molecular weight is 760 g/mol. The molecule has 0 spiro atoms. The predicted octanol–water partition coefficient (Wildman–Crippen LogP) is 7.42. The van der Waals surface area contributed by atoms with Crippen molar-refractivity contribution in [2.45, 2.75) is 56.3 Å². The molecule has 286 valence electrons. The molecule has 3 aliphatic heterocycles. The zero-order chi connectivity index (χ0) is 38.7. The van der Waals surface area contributed by atoms with E-state index in [0.29, 0.717) is 33.8 Å². The molecule has 0 aliphatic carbocycles. The van der Waals surface area contributed by atoms with Crippen molar-refractivity contribution in [1.29, 1.82) is 0 Å². The first-order valence-electron chi connectivity index (χ1n) is 18.7. The molecule has 0 saturated carbocycles. The Kier molecular flexibility index (Phi) is 11.3. The third-order valence-electron chi connectivity index (χ3n) is 11.5. The van der Waals surface area contributed by atoms with E-state index in [9.17, 15) is 9.32 Å². The van der Waals surface area contributed by atoms with Gasteiger partial charge in [-0.05, 0) is 72.8 Å². The van der Waals surface area contributed by atoms with Gasteiger partial charge < -0.3 is 33.8 Å². The van der Waals surface area contributed by atoms with Crippen molar-refractivity contribution in [1.82, 2.24) is 19.9 Å². The summed E-state index contributed by atoms with van der Waals surface area (Å²) in [5.74, 6) is 3.64. The van der Waals surface area contributed by atoms with E-state index in [-0.39, 0.29) is 11.8 Å². The minimum atomic E-state index is -1.38. The van der Waals surface area contributed by atoms with E-state index in [0.717, 1.165) is 75.3 Å². The highest BCUT2D eigenvalue weighted by molar-refractivity contribution is 7.84. The van der Waals surface area contributed by atoms with E-state index >= 15 is 0 Å². The zero-order valence-electron chi connectivity index (χ0n) is 32.1. The normalized spacial score (nSPS) is 21.4. The van der Waals surface area contributed by atoms with Gasteiger partial charge in [-0.25, -0.2) is 0 Å². The predicted molar refractivity (Wildman–Crippen MR) is 216 cm³/mol. The maximum absolute atomic E-state index is 12.6. The Bertz CT molecular complexity index is 2330. The first-order valence-corrected chi connectivity index (χ1v) is 20.0. The van der Waals surface area contributed by atoms with Crippen LogP contribution in [0.3, 0.4) is 0 Å². The molecule has 3 aliphatic rings. The van der Waals surface area contributed by atoms with Gasteiger partial charge in [-0.2, -0.15) is 0 Å².